The first-order valence-corrected chi connectivity index (χ1v) is 7.61. The van der Waals surface area contributed by atoms with Crippen molar-refractivity contribution < 1.29 is 4.79 Å². The molecular formula is C16H26N4O. The van der Waals surface area contributed by atoms with Gasteiger partial charge >= 0.3 is 0 Å². The van der Waals surface area contributed by atoms with E-state index in [1.165, 1.54) is 0 Å². The molecule has 5 nitrogen and oxygen atoms in total. The number of nitrogens with one attached hydrogen (secondary N) is 1. The molecule has 0 bridgehead atoms. The van der Waals surface area contributed by atoms with E-state index in [2.05, 4.69) is 36.0 Å². The highest BCUT2D eigenvalue weighted by Gasteiger charge is 2.21. The molecule has 1 fully saturated rings. The quantitative estimate of drug-likeness (QED) is 0.887. The van der Waals surface area contributed by atoms with Gasteiger partial charge in [0, 0.05) is 30.5 Å². The summed E-state index contributed by atoms with van der Waals surface area (Å²) in [4.78, 5) is 17.5. The molecule has 5 heteroatoms. The fourth-order valence-electron chi connectivity index (χ4n) is 2.60. The number of primary amides is 1. The number of amides is 1. The largest absolute Gasteiger partial charge is 0.371 e. The van der Waals surface area contributed by atoms with Crippen LogP contribution >= 0.6 is 0 Å². The van der Waals surface area contributed by atoms with E-state index in [4.69, 9.17) is 5.73 Å². The smallest absolute Gasteiger partial charge is 0.267 e. The van der Waals surface area contributed by atoms with Gasteiger partial charge in [-0.25, -0.2) is 0 Å². The van der Waals surface area contributed by atoms with Crippen LogP contribution in [0.5, 0.6) is 0 Å². The van der Waals surface area contributed by atoms with Crippen molar-refractivity contribution in [2.45, 2.75) is 39.2 Å². The number of nitrogens with two attached hydrogens (primary N) is 1. The van der Waals surface area contributed by atoms with Gasteiger partial charge in [-0.2, -0.15) is 0 Å². The highest BCUT2D eigenvalue weighted by molar-refractivity contribution is 5.91. The zero-order chi connectivity index (χ0) is 15.5. The lowest BCUT2D eigenvalue weighted by Gasteiger charge is -2.35. The molecule has 116 valence electrons. The minimum Gasteiger partial charge on any atom is -0.371 e. The standard InChI is InChI=1S/C16H26N4O/c1-16(2,3)19-11-12-5-8-20(9-6-12)13-4-7-18-14(10-13)15(17)21/h4,7,10,12,19H,5-6,8-9,11H2,1-3H3,(H2,17,21). The highest BCUT2D eigenvalue weighted by atomic mass is 16.1. The van der Waals surface area contributed by atoms with Crippen LogP contribution in [0.3, 0.4) is 0 Å². The Hall–Kier alpha value is -1.62. The first-order chi connectivity index (χ1) is 9.85. The van der Waals surface area contributed by atoms with Gasteiger partial charge in [0.15, 0.2) is 0 Å². The molecule has 0 unspecified atom stereocenters. The molecule has 2 heterocycles. The Morgan fingerprint density at radius 1 is 1.43 bits per heavy atom. The Kier molecular flexibility index (Phi) is 4.83. The van der Waals surface area contributed by atoms with E-state index < -0.39 is 5.91 Å². The van der Waals surface area contributed by atoms with Crippen molar-refractivity contribution in [3.8, 4) is 0 Å². The average Bonchev–Trinajstić information content (AvgIpc) is 2.45. The summed E-state index contributed by atoms with van der Waals surface area (Å²) in [5, 5.41) is 3.58. The Morgan fingerprint density at radius 2 is 2.10 bits per heavy atom. The van der Waals surface area contributed by atoms with Crippen LogP contribution in [0.4, 0.5) is 5.69 Å². The minimum atomic E-state index is -0.471. The number of pyridine rings is 1. The molecule has 0 radical (unpaired) electrons. The third-order valence-electron chi connectivity index (χ3n) is 3.90. The molecule has 0 saturated carbocycles. The van der Waals surface area contributed by atoms with Gasteiger partial charge in [0.25, 0.3) is 5.91 Å². The molecule has 0 aliphatic carbocycles. The van der Waals surface area contributed by atoms with Crippen LogP contribution in [-0.4, -0.2) is 36.1 Å². The van der Waals surface area contributed by atoms with E-state index >= 15 is 0 Å². The van der Waals surface area contributed by atoms with Gasteiger partial charge in [-0.05, 0) is 58.2 Å². The Balaban J connectivity index is 1.89. The maximum Gasteiger partial charge on any atom is 0.267 e. The predicted octanol–water partition coefficient (Wildman–Crippen LogP) is 1.78. The van der Waals surface area contributed by atoms with Gasteiger partial charge < -0.3 is 16.0 Å². The van der Waals surface area contributed by atoms with Crippen molar-refractivity contribution in [1.82, 2.24) is 10.3 Å². The van der Waals surface area contributed by atoms with E-state index in [-0.39, 0.29) is 5.54 Å². The van der Waals surface area contributed by atoms with Crippen molar-refractivity contribution >= 4 is 11.6 Å². The maximum absolute atomic E-state index is 11.2. The Labute approximate surface area is 126 Å². The lowest BCUT2D eigenvalue weighted by Crippen LogP contribution is -2.43. The van der Waals surface area contributed by atoms with Crippen LogP contribution in [0.15, 0.2) is 18.3 Å². The summed E-state index contributed by atoms with van der Waals surface area (Å²) in [6, 6.07) is 3.73. The molecule has 1 aromatic rings. The number of carbonyl (C=O) groups is 1. The zero-order valence-electron chi connectivity index (χ0n) is 13.2. The number of hydrogen-bond acceptors (Lipinski definition) is 4. The second-order valence-corrected chi connectivity index (χ2v) is 6.82. The topological polar surface area (TPSA) is 71.2 Å². The molecule has 1 aliphatic heterocycles. The molecule has 2 rings (SSSR count). The van der Waals surface area contributed by atoms with Crippen LogP contribution in [0.1, 0.15) is 44.1 Å². The second kappa shape index (κ2) is 6.43. The van der Waals surface area contributed by atoms with E-state index in [1.807, 2.05) is 6.07 Å². The molecule has 21 heavy (non-hydrogen) atoms. The van der Waals surface area contributed by atoms with Crippen LogP contribution in [0.2, 0.25) is 0 Å². The van der Waals surface area contributed by atoms with Gasteiger partial charge in [-0.15, -0.1) is 0 Å². The van der Waals surface area contributed by atoms with Crippen molar-refractivity contribution in [1.29, 1.82) is 0 Å². The van der Waals surface area contributed by atoms with Crippen molar-refractivity contribution in [2.24, 2.45) is 11.7 Å². The molecule has 0 spiro atoms. The minimum absolute atomic E-state index is 0.179. The lowest BCUT2D eigenvalue weighted by molar-refractivity contribution is 0.0995. The van der Waals surface area contributed by atoms with Crippen LogP contribution < -0.4 is 16.0 Å². The summed E-state index contributed by atoms with van der Waals surface area (Å²) in [7, 11) is 0. The van der Waals surface area contributed by atoms with Crippen LogP contribution in [0, 0.1) is 5.92 Å². The maximum atomic E-state index is 11.2. The van der Waals surface area contributed by atoms with E-state index in [0.29, 0.717) is 5.69 Å². The van der Waals surface area contributed by atoms with E-state index in [9.17, 15) is 4.79 Å². The fourth-order valence-corrected chi connectivity index (χ4v) is 2.60. The van der Waals surface area contributed by atoms with Gasteiger partial charge in [0.1, 0.15) is 5.69 Å². The van der Waals surface area contributed by atoms with Gasteiger partial charge in [0.05, 0.1) is 0 Å². The summed E-state index contributed by atoms with van der Waals surface area (Å²) in [6.07, 6.45) is 3.98. The molecule has 1 saturated heterocycles. The number of nitrogens with zero attached hydrogens (tertiary/aromatic N) is 2. The monoisotopic (exact) mass is 290 g/mol. The molecule has 3 N–H and O–H groups in total. The number of rotatable bonds is 4. The van der Waals surface area contributed by atoms with Crippen molar-refractivity contribution in [3.63, 3.8) is 0 Å². The first kappa shape index (κ1) is 15.8. The zero-order valence-corrected chi connectivity index (χ0v) is 13.2. The molecule has 1 aromatic heterocycles. The average molecular weight is 290 g/mol. The first-order valence-electron chi connectivity index (χ1n) is 7.61. The summed E-state index contributed by atoms with van der Waals surface area (Å²) in [6.45, 7) is 9.69. The Bertz CT molecular complexity index is 487. The fraction of sp³-hybridized carbons (Fsp3) is 0.625. The van der Waals surface area contributed by atoms with Crippen LogP contribution in [0.25, 0.3) is 0 Å². The van der Waals surface area contributed by atoms with Crippen molar-refractivity contribution in [2.75, 3.05) is 24.5 Å². The summed E-state index contributed by atoms with van der Waals surface area (Å²) in [5.74, 6) is 0.249. The number of anilines is 1. The predicted molar refractivity (Wildman–Crippen MR) is 85.4 cm³/mol. The summed E-state index contributed by atoms with van der Waals surface area (Å²) >= 11 is 0. The number of aromatic nitrogens is 1. The highest BCUT2D eigenvalue weighted by Crippen LogP contribution is 2.23. The van der Waals surface area contributed by atoms with Crippen molar-refractivity contribution in [3.05, 3.63) is 24.0 Å². The molecular weight excluding hydrogens is 264 g/mol. The lowest BCUT2D eigenvalue weighted by atomic mass is 9.95. The number of piperidine rings is 1. The molecule has 1 amide bonds. The SMILES string of the molecule is CC(C)(C)NCC1CCN(c2ccnc(C(N)=O)c2)CC1. The summed E-state index contributed by atoms with van der Waals surface area (Å²) < 4.78 is 0. The van der Waals surface area contributed by atoms with E-state index in [0.717, 1.165) is 44.1 Å². The number of hydrogen-bond donors (Lipinski definition) is 2. The van der Waals surface area contributed by atoms with Gasteiger partial charge in [0.2, 0.25) is 0 Å². The third kappa shape index (κ3) is 4.70. The number of carbonyl (C=O) groups excluding carboxylic acids is 1. The molecule has 1 aliphatic rings. The normalized spacial score (nSPS) is 17.0. The Morgan fingerprint density at radius 3 is 2.67 bits per heavy atom. The van der Waals surface area contributed by atoms with Crippen LogP contribution in [-0.2, 0) is 0 Å². The van der Waals surface area contributed by atoms with Gasteiger partial charge in [-0.1, -0.05) is 0 Å². The van der Waals surface area contributed by atoms with Gasteiger partial charge in [-0.3, -0.25) is 9.78 Å². The summed E-state index contributed by atoms with van der Waals surface area (Å²) in [5.41, 5.74) is 6.85. The molecule has 0 aromatic carbocycles. The second-order valence-electron chi connectivity index (χ2n) is 6.82. The molecule has 0 atom stereocenters. The third-order valence-corrected chi connectivity index (χ3v) is 3.90. The van der Waals surface area contributed by atoms with E-state index in [1.54, 1.807) is 12.3 Å².